The number of nitrogens with zero attached hydrogens (tertiary/aromatic N) is 2. The maximum atomic E-state index is 13.0. The molecule has 0 aliphatic carbocycles. The van der Waals surface area contributed by atoms with E-state index in [2.05, 4.69) is 10.3 Å². The zero-order valence-electron chi connectivity index (χ0n) is 12.3. The number of thiophene rings is 1. The largest absolute Gasteiger partial charge is 0.307 e. The molecule has 1 unspecified atom stereocenters. The Kier molecular flexibility index (Phi) is 3.45. The van der Waals surface area contributed by atoms with Crippen LogP contribution in [0.15, 0.2) is 28.6 Å². The first-order valence-electron chi connectivity index (χ1n) is 6.69. The molecule has 3 heterocycles. The number of aryl methyl sites for hydroxylation is 2. The van der Waals surface area contributed by atoms with Crippen LogP contribution >= 0.6 is 11.3 Å². The van der Waals surface area contributed by atoms with Gasteiger partial charge in [-0.05, 0) is 44.5 Å². The average Bonchev–Trinajstić information content (AvgIpc) is 2.80. The molecular formula is C14H15N3O3S2. The molecule has 1 atom stereocenters. The van der Waals surface area contributed by atoms with Crippen molar-refractivity contribution in [2.75, 3.05) is 9.62 Å². The van der Waals surface area contributed by atoms with Crippen molar-refractivity contribution in [2.24, 2.45) is 0 Å². The molecule has 1 N–H and O–H groups in total. The minimum atomic E-state index is -3.81. The number of carbonyl (C=O) groups is 1. The van der Waals surface area contributed by atoms with Gasteiger partial charge in [0.15, 0.2) is 5.82 Å². The summed E-state index contributed by atoms with van der Waals surface area (Å²) in [6, 6.07) is 4.11. The van der Waals surface area contributed by atoms with Gasteiger partial charge in [0.2, 0.25) is 5.91 Å². The Bertz CT molecular complexity index is 838. The normalized spacial score (nSPS) is 18.0. The highest BCUT2D eigenvalue weighted by atomic mass is 32.2. The number of nitrogens with one attached hydrogen (secondary N) is 1. The fourth-order valence-electron chi connectivity index (χ4n) is 2.31. The van der Waals surface area contributed by atoms with Crippen molar-refractivity contribution in [1.29, 1.82) is 0 Å². The molecule has 3 rings (SSSR count). The van der Waals surface area contributed by atoms with Gasteiger partial charge >= 0.3 is 0 Å². The smallest absolute Gasteiger partial charge is 0.274 e. The third kappa shape index (κ3) is 2.19. The molecule has 0 fully saturated rings. The minimum Gasteiger partial charge on any atom is -0.307 e. The number of amides is 1. The number of pyridine rings is 1. The van der Waals surface area contributed by atoms with Gasteiger partial charge in [-0.15, -0.1) is 11.3 Å². The quantitative estimate of drug-likeness (QED) is 0.912. The fourth-order valence-corrected chi connectivity index (χ4v) is 5.54. The molecular weight excluding hydrogens is 322 g/mol. The van der Waals surface area contributed by atoms with E-state index in [1.807, 2.05) is 13.8 Å². The lowest BCUT2D eigenvalue weighted by Gasteiger charge is -2.33. The maximum Gasteiger partial charge on any atom is 0.274 e. The molecule has 0 spiro atoms. The Hall–Kier alpha value is -1.93. The van der Waals surface area contributed by atoms with Crippen molar-refractivity contribution in [3.8, 4) is 0 Å². The number of hydrogen-bond acceptors (Lipinski definition) is 5. The summed E-state index contributed by atoms with van der Waals surface area (Å²) in [5.74, 6) is -0.126. The second kappa shape index (κ2) is 5.06. The summed E-state index contributed by atoms with van der Waals surface area (Å²) >= 11 is 1.21. The standard InChI is InChI=1S/C14H15N3O3S2/c1-8-7-12(21-10(8)3)22(19,20)17-9(2)14(18)16-13-11(17)5-4-6-15-13/h4-7,9H,1-3H3,(H,15,16,18). The predicted octanol–water partition coefficient (Wildman–Crippen LogP) is 2.30. The Morgan fingerprint density at radius 3 is 2.73 bits per heavy atom. The number of fused-ring (bicyclic) bond motifs is 1. The van der Waals surface area contributed by atoms with E-state index >= 15 is 0 Å². The second-order valence-electron chi connectivity index (χ2n) is 5.14. The number of hydrogen-bond donors (Lipinski definition) is 1. The highest BCUT2D eigenvalue weighted by Crippen LogP contribution is 2.37. The molecule has 0 saturated heterocycles. The van der Waals surface area contributed by atoms with Crippen LogP contribution in [-0.2, 0) is 14.8 Å². The lowest BCUT2D eigenvalue weighted by molar-refractivity contribution is -0.117. The number of carbonyl (C=O) groups excluding carboxylic acids is 1. The number of rotatable bonds is 2. The van der Waals surface area contributed by atoms with Crippen LogP contribution in [0.25, 0.3) is 0 Å². The average molecular weight is 337 g/mol. The summed E-state index contributed by atoms with van der Waals surface area (Å²) < 4.78 is 27.4. The molecule has 22 heavy (non-hydrogen) atoms. The maximum absolute atomic E-state index is 13.0. The van der Waals surface area contributed by atoms with E-state index in [0.717, 1.165) is 14.7 Å². The predicted molar refractivity (Wildman–Crippen MR) is 85.8 cm³/mol. The molecule has 0 bridgehead atoms. The third-order valence-corrected chi connectivity index (χ3v) is 7.14. The van der Waals surface area contributed by atoms with Crippen molar-refractivity contribution in [2.45, 2.75) is 31.0 Å². The SMILES string of the molecule is Cc1cc(S(=O)(=O)N2c3cccnc3NC(=O)C2C)sc1C. The van der Waals surface area contributed by atoms with Crippen molar-refractivity contribution in [1.82, 2.24) is 4.98 Å². The topological polar surface area (TPSA) is 79.4 Å². The van der Waals surface area contributed by atoms with Crippen LogP contribution in [0.4, 0.5) is 11.5 Å². The van der Waals surface area contributed by atoms with E-state index in [1.54, 1.807) is 25.1 Å². The van der Waals surface area contributed by atoms with Crippen molar-refractivity contribution >= 4 is 38.8 Å². The van der Waals surface area contributed by atoms with Gasteiger partial charge in [0.1, 0.15) is 10.3 Å². The summed E-state index contributed by atoms with van der Waals surface area (Å²) in [5, 5.41) is 2.63. The lowest BCUT2D eigenvalue weighted by atomic mass is 10.2. The molecule has 0 aromatic carbocycles. The fraction of sp³-hybridized carbons (Fsp3) is 0.286. The van der Waals surface area contributed by atoms with Crippen LogP contribution in [0, 0.1) is 13.8 Å². The Morgan fingerprint density at radius 1 is 1.36 bits per heavy atom. The van der Waals surface area contributed by atoms with E-state index < -0.39 is 16.1 Å². The van der Waals surface area contributed by atoms with E-state index in [4.69, 9.17) is 0 Å². The Labute approximate surface area is 132 Å². The molecule has 1 aliphatic rings. The first-order chi connectivity index (χ1) is 10.3. The molecule has 1 amide bonds. The summed E-state index contributed by atoms with van der Waals surface area (Å²) in [5.41, 5.74) is 1.31. The Morgan fingerprint density at radius 2 is 2.09 bits per heavy atom. The van der Waals surface area contributed by atoms with Crippen LogP contribution in [-0.4, -0.2) is 25.4 Å². The monoisotopic (exact) mass is 337 g/mol. The Balaban J connectivity index is 2.19. The van der Waals surface area contributed by atoms with E-state index in [0.29, 0.717) is 5.69 Å². The molecule has 1 aliphatic heterocycles. The van der Waals surface area contributed by atoms with Crippen molar-refractivity contribution in [3.63, 3.8) is 0 Å². The molecule has 2 aromatic rings. The zero-order chi connectivity index (χ0) is 16.1. The first-order valence-corrected chi connectivity index (χ1v) is 8.95. The van der Waals surface area contributed by atoms with Gasteiger partial charge in [0.05, 0.1) is 5.69 Å². The molecule has 0 saturated carbocycles. The second-order valence-corrected chi connectivity index (χ2v) is 8.44. The molecule has 116 valence electrons. The summed E-state index contributed by atoms with van der Waals surface area (Å²) in [7, 11) is -3.81. The van der Waals surface area contributed by atoms with Crippen molar-refractivity contribution in [3.05, 3.63) is 34.8 Å². The van der Waals surface area contributed by atoms with Crippen molar-refractivity contribution < 1.29 is 13.2 Å². The van der Waals surface area contributed by atoms with E-state index in [-0.39, 0.29) is 15.9 Å². The van der Waals surface area contributed by atoms with Crippen LogP contribution in [0.1, 0.15) is 17.4 Å². The summed E-state index contributed by atoms with van der Waals surface area (Å²) in [4.78, 5) is 17.1. The molecule has 0 radical (unpaired) electrons. The number of anilines is 2. The highest BCUT2D eigenvalue weighted by molar-refractivity contribution is 7.94. The number of sulfonamides is 1. The molecule has 2 aromatic heterocycles. The van der Waals surface area contributed by atoms with Gasteiger partial charge in [0, 0.05) is 11.1 Å². The molecule has 8 heteroatoms. The van der Waals surface area contributed by atoms with Crippen LogP contribution < -0.4 is 9.62 Å². The lowest BCUT2D eigenvalue weighted by Crippen LogP contribution is -2.49. The summed E-state index contributed by atoms with van der Waals surface area (Å²) in [6.45, 7) is 5.31. The minimum absolute atomic E-state index is 0.235. The van der Waals surface area contributed by atoms with Gasteiger partial charge in [-0.1, -0.05) is 0 Å². The van der Waals surface area contributed by atoms with E-state index in [9.17, 15) is 13.2 Å². The first kappa shape index (κ1) is 15.0. The van der Waals surface area contributed by atoms with Gasteiger partial charge in [0.25, 0.3) is 10.0 Å². The van der Waals surface area contributed by atoms with Crippen LogP contribution in [0.3, 0.4) is 0 Å². The zero-order valence-corrected chi connectivity index (χ0v) is 14.0. The summed E-state index contributed by atoms with van der Waals surface area (Å²) in [6.07, 6.45) is 1.51. The van der Waals surface area contributed by atoms with E-state index in [1.165, 1.54) is 17.5 Å². The van der Waals surface area contributed by atoms with Gasteiger partial charge in [-0.3, -0.25) is 4.79 Å². The van der Waals surface area contributed by atoms with Crippen LogP contribution in [0.2, 0.25) is 0 Å². The third-order valence-electron chi connectivity index (χ3n) is 3.65. The van der Waals surface area contributed by atoms with Crippen LogP contribution in [0.5, 0.6) is 0 Å². The van der Waals surface area contributed by atoms with Gasteiger partial charge in [-0.25, -0.2) is 17.7 Å². The highest BCUT2D eigenvalue weighted by Gasteiger charge is 2.39. The number of aromatic nitrogens is 1. The molecule has 6 nitrogen and oxygen atoms in total. The van der Waals surface area contributed by atoms with Gasteiger partial charge < -0.3 is 5.32 Å². The van der Waals surface area contributed by atoms with Gasteiger partial charge in [-0.2, -0.15) is 0 Å².